The van der Waals surface area contributed by atoms with Crippen LogP contribution in [0.4, 0.5) is 5.69 Å². The third-order valence-electron chi connectivity index (χ3n) is 5.22. The fourth-order valence-corrected chi connectivity index (χ4v) is 4.32. The molecule has 0 spiro atoms. The third-order valence-corrected chi connectivity index (χ3v) is 5.89. The van der Waals surface area contributed by atoms with E-state index in [2.05, 4.69) is 26.1 Å². The summed E-state index contributed by atoms with van der Waals surface area (Å²) in [6.45, 7) is 10.8. The Kier molecular flexibility index (Phi) is 6.71. The van der Waals surface area contributed by atoms with E-state index in [1.54, 1.807) is 9.13 Å². The van der Waals surface area contributed by atoms with Gasteiger partial charge in [-0.05, 0) is 49.6 Å². The van der Waals surface area contributed by atoms with Gasteiger partial charge in [0.2, 0.25) is 5.91 Å². The molecule has 0 aliphatic rings. The molecule has 2 aromatic heterocycles. The first-order valence-corrected chi connectivity index (χ1v) is 11.5. The number of aryl methyl sites for hydroxylation is 3. The highest BCUT2D eigenvalue weighted by Gasteiger charge is 2.19. The number of rotatable bonds is 7. The molecule has 0 atom stereocenters. The van der Waals surface area contributed by atoms with Crippen molar-refractivity contribution in [2.75, 3.05) is 11.6 Å². The molecule has 1 amide bonds. The molecule has 160 valence electrons. The molecule has 2 heterocycles. The van der Waals surface area contributed by atoms with Gasteiger partial charge in [0.1, 0.15) is 12.1 Å². The fraction of sp³-hybridized carbons (Fsp3) is 0.435. The van der Waals surface area contributed by atoms with Crippen molar-refractivity contribution in [2.24, 2.45) is 5.92 Å². The van der Waals surface area contributed by atoms with E-state index in [1.165, 1.54) is 11.8 Å². The number of nitrogens with zero attached hydrogens (tertiary/aromatic N) is 3. The number of thioether (sulfide) groups is 1. The molecule has 0 saturated carbocycles. The maximum absolute atomic E-state index is 13.3. The van der Waals surface area contributed by atoms with E-state index >= 15 is 0 Å². The Morgan fingerprint density at radius 2 is 1.97 bits per heavy atom. The topological polar surface area (TPSA) is 68.9 Å². The summed E-state index contributed by atoms with van der Waals surface area (Å²) < 4.78 is 3.51. The molecule has 1 aromatic carbocycles. The van der Waals surface area contributed by atoms with E-state index in [1.807, 2.05) is 44.4 Å². The van der Waals surface area contributed by atoms with Gasteiger partial charge in [-0.2, -0.15) is 0 Å². The normalized spacial score (nSPS) is 11.4. The zero-order valence-corrected chi connectivity index (χ0v) is 19.4. The Bertz CT molecular complexity index is 1140. The molecule has 0 radical (unpaired) electrons. The van der Waals surface area contributed by atoms with E-state index in [4.69, 9.17) is 4.98 Å². The SMILES string of the molecule is CCc1cccc(C)c1NC(=O)Cn1c(C)cc2nc(SC)n(CC(C)C)c(=O)c21. The van der Waals surface area contributed by atoms with Crippen LogP contribution in [0.1, 0.15) is 37.6 Å². The van der Waals surface area contributed by atoms with Crippen LogP contribution < -0.4 is 10.9 Å². The summed E-state index contributed by atoms with van der Waals surface area (Å²) in [5, 5.41) is 3.76. The van der Waals surface area contributed by atoms with Crippen molar-refractivity contribution in [1.29, 1.82) is 0 Å². The van der Waals surface area contributed by atoms with Gasteiger partial charge in [-0.25, -0.2) is 4.98 Å². The van der Waals surface area contributed by atoms with Crippen molar-refractivity contribution in [3.05, 3.63) is 51.4 Å². The molecular formula is C23H30N4O2S. The minimum Gasteiger partial charge on any atom is -0.330 e. The Morgan fingerprint density at radius 3 is 2.60 bits per heavy atom. The average molecular weight is 427 g/mol. The van der Waals surface area contributed by atoms with Crippen LogP contribution >= 0.6 is 11.8 Å². The second-order valence-electron chi connectivity index (χ2n) is 8.02. The number of aromatic nitrogens is 3. The van der Waals surface area contributed by atoms with Gasteiger partial charge in [0, 0.05) is 17.9 Å². The van der Waals surface area contributed by atoms with Crippen molar-refractivity contribution in [3.8, 4) is 0 Å². The van der Waals surface area contributed by atoms with E-state index in [0.717, 1.165) is 28.9 Å². The second-order valence-corrected chi connectivity index (χ2v) is 8.80. The molecule has 0 unspecified atom stereocenters. The van der Waals surface area contributed by atoms with E-state index < -0.39 is 0 Å². The van der Waals surface area contributed by atoms with E-state index in [9.17, 15) is 9.59 Å². The lowest BCUT2D eigenvalue weighted by molar-refractivity contribution is -0.116. The van der Waals surface area contributed by atoms with Gasteiger partial charge in [-0.1, -0.05) is 50.7 Å². The Hall–Kier alpha value is -2.54. The second kappa shape index (κ2) is 9.08. The molecule has 1 N–H and O–H groups in total. The van der Waals surface area contributed by atoms with Gasteiger partial charge in [-0.15, -0.1) is 0 Å². The maximum atomic E-state index is 13.3. The Labute approximate surface area is 181 Å². The monoisotopic (exact) mass is 426 g/mol. The fourth-order valence-electron chi connectivity index (χ4n) is 3.76. The number of hydrogen-bond acceptors (Lipinski definition) is 4. The van der Waals surface area contributed by atoms with Gasteiger partial charge in [0.25, 0.3) is 5.56 Å². The number of fused-ring (bicyclic) bond motifs is 1. The highest BCUT2D eigenvalue weighted by molar-refractivity contribution is 7.98. The average Bonchev–Trinajstić information content (AvgIpc) is 3.00. The molecule has 6 nitrogen and oxygen atoms in total. The smallest absolute Gasteiger partial charge is 0.278 e. The summed E-state index contributed by atoms with van der Waals surface area (Å²) in [4.78, 5) is 31.0. The number of anilines is 1. The molecule has 0 saturated heterocycles. The molecule has 3 aromatic rings. The molecular weight excluding hydrogens is 396 g/mol. The minimum absolute atomic E-state index is 0.0734. The highest BCUT2D eigenvalue weighted by Crippen LogP contribution is 2.23. The van der Waals surface area contributed by atoms with Crippen molar-refractivity contribution < 1.29 is 4.79 Å². The largest absolute Gasteiger partial charge is 0.330 e. The first-order valence-electron chi connectivity index (χ1n) is 10.3. The van der Waals surface area contributed by atoms with Crippen LogP contribution in [0.25, 0.3) is 11.0 Å². The number of carbonyl (C=O) groups excluding carboxylic acids is 1. The van der Waals surface area contributed by atoms with Crippen LogP contribution in [0.15, 0.2) is 34.2 Å². The number of nitrogens with one attached hydrogen (secondary N) is 1. The van der Waals surface area contributed by atoms with Crippen LogP contribution in [-0.4, -0.2) is 26.3 Å². The molecule has 30 heavy (non-hydrogen) atoms. The summed E-state index contributed by atoms with van der Waals surface area (Å²) in [5.74, 6) is 0.164. The van der Waals surface area contributed by atoms with Crippen molar-refractivity contribution in [1.82, 2.24) is 14.1 Å². The number of carbonyl (C=O) groups is 1. The number of benzene rings is 1. The quantitative estimate of drug-likeness (QED) is 0.449. The molecule has 0 aliphatic carbocycles. The molecule has 7 heteroatoms. The molecule has 0 aliphatic heterocycles. The first kappa shape index (κ1) is 22.2. The van der Waals surface area contributed by atoms with Gasteiger partial charge in [0.15, 0.2) is 5.16 Å². The number of amides is 1. The molecule has 3 rings (SSSR count). The first-order chi connectivity index (χ1) is 14.3. The van der Waals surface area contributed by atoms with Crippen LogP contribution in [0.3, 0.4) is 0 Å². The van der Waals surface area contributed by atoms with Gasteiger partial charge in [0.05, 0.1) is 5.52 Å². The lowest BCUT2D eigenvalue weighted by Crippen LogP contribution is -2.28. The summed E-state index contributed by atoms with van der Waals surface area (Å²) in [7, 11) is 0. The number of para-hydroxylation sites is 1. The van der Waals surface area contributed by atoms with E-state index in [0.29, 0.717) is 28.7 Å². The van der Waals surface area contributed by atoms with E-state index in [-0.39, 0.29) is 18.0 Å². The van der Waals surface area contributed by atoms with Gasteiger partial charge >= 0.3 is 0 Å². The lowest BCUT2D eigenvalue weighted by Gasteiger charge is -2.15. The summed E-state index contributed by atoms with van der Waals surface area (Å²) >= 11 is 1.47. The zero-order chi connectivity index (χ0) is 22.0. The number of hydrogen-bond donors (Lipinski definition) is 1. The molecule has 0 fully saturated rings. The van der Waals surface area contributed by atoms with Crippen molar-refractivity contribution >= 4 is 34.4 Å². The predicted molar refractivity (Wildman–Crippen MR) is 125 cm³/mol. The Morgan fingerprint density at radius 1 is 1.23 bits per heavy atom. The third kappa shape index (κ3) is 4.31. The summed E-state index contributed by atoms with van der Waals surface area (Å²) in [6.07, 6.45) is 2.76. The van der Waals surface area contributed by atoms with Gasteiger partial charge < -0.3 is 9.88 Å². The molecule has 0 bridgehead atoms. The standard InChI is InChI=1S/C23H30N4O2S/c1-7-17-10-8-9-15(4)20(17)25-19(28)13-26-16(5)11-18-21(26)22(29)27(12-14(2)3)23(24-18)30-6/h8-11,14H,7,12-13H2,1-6H3,(H,25,28). The van der Waals surface area contributed by atoms with Crippen LogP contribution in [-0.2, 0) is 24.3 Å². The highest BCUT2D eigenvalue weighted by atomic mass is 32.2. The van der Waals surface area contributed by atoms with Crippen LogP contribution in [0.5, 0.6) is 0 Å². The Balaban J connectivity index is 2.01. The zero-order valence-electron chi connectivity index (χ0n) is 18.6. The maximum Gasteiger partial charge on any atom is 0.278 e. The van der Waals surface area contributed by atoms with Crippen molar-refractivity contribution in [2.45, 2.75) is 59.3 Å². The summed E-state index contributed by atoms with van der Waals surface area (Å²) in [6, 6.07) is 7.90. The summed E-state index contributed by atoms with van der Waals surface area (Å²) in [5.41, 5.74) is 4.87. The predicted octanol–water partition coefficient (Wildman–Crippen LogP) is 4.39. The minimum atomic E-state index is -0.150. The van der Waals surface area contributed by atoms with Gasteiger partial charge in [-0.3, -0.25) is 14.2 Å². The van der Waals surface area contributed by atoms with Crippen LogP contribution in [0.2, 0.25) is 0 Å². The van der Waals surface area contributed by atoms with Crippen molar-refractivity contribution in [3.63, 3.8) is 0 Å². The van der Waals surface area contributed by atoms with Crippen LogP contribution in [0, 0.1) is 19.8 Å². The lowest BCUT2D eigenvalue weighted by atomic mass is 10.1.